The number of aromatic carboxylic acids is 1. The molecule has 2 aliphatic carbocycles. The third-order valence-electron chi connectivity index (χ3n) is 4.21. The molecule has 0 radical (unpaired) electrons. The molecule has 1 unspecified atom stereocenters. The van der Waals surface area contributed by atoms with Gasteiger partial charge in [0, 0.05) is 23.9 Å². The third kappa shape index (κ3) is 3.94. The number of allylic oxidation sites excluding steroid dienone is 2. The van der Waals surface area contributed by atoms with Crippen LogP contribution < -0.4 is 0 Å². The molecule has 0 aliphatic heterocycles. The van der Waals surface area contributed by atoms with Gasteiger partial charge in [0.05, 0.1) is 10.6 Å². The number of ketones is 1. The Labute approximate surface area is 149 Å². The first-order chi connectivity index (χ1) is 12.0. The highest BCUT2D eigenvalue weighted by molar-refractivity contribution is 6.31. The summed E-state index contributed by atoms with van der Waals surface area (Å²) in [5.74, 6) is -0.736. The Hall–Kier alpha value is -2.53. The van der Waals surface area contributed by atoms with E-state index in [0.717, 1.165) is 5.56 Å². The minimum Gasteiger partial charge on any atom is -0.478 e. The molecular formula is C19H15ClFNO3. The van der Waals surface area contributed by atoms with Crippen molar-refractivity contribution in [2.45, 2.75) is 18.8 Å². The Bertz CT molecular complexity index is 847. The average molecular weight is 360 g/mol. The van der Waals surface area contributed by atoms with Crippen LogP contribution in [0.5, 0.6) is 0 Å². The number of fused-ring (bicyclic) bond motifs is 1. The van der Waals surface area contributed by atoms with E-state index >= 15 is 0 Å². The quantitative estimate of drug-likeness (QED) is 0.856. The Balaban J connectivity index is 0.000000173. The first-order valence-corrected chi connectivity index (χ1v) is 8.20. The monoisotopic (exact) mass is 359 g/mol. The van der Waals surface area contributed by atoms with Gasteiger partial charge in [-0.3, -0.25) is 9.78 Å². The van der Waals surface area contributed by atoms with Crippen molar-refractivity contribution in [1.82, 2.24) is 4.98 Å². The van der Waals surface area contributed by atoms with Crippen molar-refractivity contribution in [1.29, 1.82) is 0 Å². The molecule has 1 heterocycles. The lowest BCUT2D eigenvalue weighted by atomic mass is 9.84. The molecule has 0 bridgehead atoms. The molecule has 4 rings (SSSR count). The molecule has 1 atom stereocenters. The summed E-state index contributed by atoms with van der Waals surface area (Å²) in [6, 6.07) is 5.95. The Morgan fingerprint density at radius 3 is 2.64 bits per heavy atom. The lowest BCUT2D eigenvalue weighted by Gasteiger charge is -2.20. The van der Waals surface area contributed by atoms with Crippen LogP contribution in [0.2, 0.25) is 5.02 Å². The molecule has 0 saturated heterocycles. The first kappa shape index (κ1) is 17.3. The smallest absolute Gasteiger partial charge is 0.337 e. The molecule has 1 saturated carbocycles. The molecule has 128 valence electrons. The molecule has 6 heteroatoms. The van der Waals surface area contributed by atoms with Gasteiger partial charge < -0.3 is 5.11 Å². The number of carboxylic acid groups (broad SMARTS) is 1. The van der Waals surface area contributed by atoms with Crippen molar-refractivity contribution < 1.29 is 19.1 Å². The van der Waals surface area contributed by atoms with Gasteiger partial charge in [0.25, 0.3) is 0 Å². The van der Waals surface area contributed by atoms with E-state index in [1.807, 2.05) is 6.08 Å². The summed E-state index contributed by atoms with van der Waals surface area (Å²) < 4.78 is 13.3. The Morgan fingerprint density at radius 2 is 2.08 bits per heavy atom. The highest BCUT2D eigenvalue weighted by atomic mass is 35.5. The molecule has 2 aromatic rings. The number of rotatable bonds is 2. The van der Waals surface area contributed by atoms with Gasteiger partial charge in [0.2, 0.25) is 0 Å². The maximum absolute atomic E-state index is 13.3. The average Bonchev–Trinajstić information content (AvgIpc) is 3.43. The van der Waals surface area contributed by atoms with Crippen LogP contribution >= 0.6 is 11.6 Å². The summed E-state index contributed by atoms with van der Waals surface area (Å²) >= 11 is 5.77. The zero-order valence-electron chi connectivity index (χ0n) is 13.2. The molecule has 2 aliphatic rings. The van der Waals surface area contributed by atoms with Crippen molar-refractivity contribution in [3.8, 4) is 0 Å². The van der Waals surface area contributed by atoms with Crippen LogP contribution in [0.3, 0.4) is 0 Å². The fourth-order valence-corrected chi connectivity index (χ4v) is 2.96. The first-order valence-electron chi connectivity index (χ1n) is 7.82. The van der Waals surface area contributed by atoms with Gasteiger partial charge in [-0.25, -0.2) is 9.18 Å². The van der Waals surface area contributed by atoms with Gasteiger partial charge in [-0.1, -0.05) is 17.7 Å². The molecule has 1 aromatic heterocycles. The number of hydrogen-bond acceptors (Lipinski definition) is 3. The van der Waals surface area contributed by atoms with E-state index in [-0.39, 0.29) is 22.3 Å². The van der Waals surface area contributed by atoms with Gasteiger partial charge in [0.1, 0.15) is 5.82 Å². The van der Waals surface area contributed by atoms with E-state index in [1.165, 1.54) is 37.4 Å². The van der Waals surface area contributed by atoms with E-state index < -0.39 is 11.8 Å². The maximum atomic E-state index is 13.3. The van der Waals surface area contributed by atoms with Gasteiger partial charge >= 0.3 is 5.97 Å². The van der Waals surface area contributed by atoms with Crippen molar-refractivity contribution in [2.75, 3.05) is 0 Å². The topological polar surface area (TPSA) is 67.3 Å². The largest absolute Gasteiger partial charge is 0.478 e. The van der Waals surface area contributed by atoms with Crippen LogP contribution in [0.1, 0.15) is 45.0 Å². The zero-order valence-corrected chi connectivity index (χ0v) is 13.9. The van der Waals surface area contributed by atoms with E-state index in [4.69, 9.17) is 16.7 Å². The maximum Gasteiger partial charge on any atom is 0.337 e. The standard InChI is InChI=1S/C13H10ClFO.C6H5NO2/c14-11-5-9-8(7-1-2-7)3-4-13(16)10(9)6-12(11)15;8-6(9)5-2-1-3-7-4-5/h3-8H,1-2H2;1-4H,(H,8,9). The molecule has 1 fully saturated rings. The second kappa shape index (κ2) is 7.15. The third-order valence-corrected chi connectivity index (χ3v) is 4.50. The van der Waals surface area contributed by atoms with E-state index in [2.05, 4.69) is 4.98 Å². The van der Waals surface area contributed by atoms with E-state index in [0.29, 0.717) is 11.5 Å². The fourth-order valence-electron chi connectivity index (χ4n) is 2.79. The number of nitrogens with zero attached hydrogens (tertiary/aromatic N) is 1. The lowest BCUT2D eigenvalue weighted by molar-refractivity contribution is 0.0696. The molecule has 25 heavy (non-hydrogen) atoms. The second-order valence-electron chi connectivity index (χ2n) is 5.99. The molecule has 0 spiro atoms. The number of hydrogen-bond donors (Lipinski definition) is 1. The van der Waals surface area contributed by atoms with Crippen LogP contribution in [-0.2, 0) is 0 Å². The Morgan fingerprint density at radius 1 is 1.32 bits per heavy atom. The van der Waals surface area contributed by atoms with Crippen molar-refractivity contribution in [3.05, 3.63) is 76.3 Å². The fraction of sp³-hybridized carbons (Fsp3) is 0.211. The number of carbonyl (C=O) groups excluding carboxylic acids is 1. The molecule has 0 amide bonds. The van der Waals surface area contributed by atoms with Gasteiger partial charge in [0.15, 0.2) is 5.78 Å². The van der Waals surface area contributed by atoms with Gasteiger partial charge in [-0.2, -0.15) is 0 Å². The normalized spacial score (nSPS) is 18.2. The summed E-state index contributed by atoms with van der Waals surface area (Å²) in [7, 11) is 0. The molecule has 4 nitrogen and oxygen atoms in total. The number of aromatic nitrogens is 1. The van der Waals surface area contributed by atoms with E-state index in [1.54, 1.807) is 18.2 Å². The predicted octanol–water partition coefficient (Wildman–Crippen LogP) is 4.51. The summed E-state index contributed by atoms with van der Waals surface area (Å²) in [6.45, 7) is 0. The van der Waals surface area contributed by atoms with Crippen LogP contribution in [0.15, 0.2) is 48.8 Å². The minimum absolute atomic E-state index is 0.104. The minimum atomic E-state index is -0.942. The number of pyridine rings is 1. The van der Waals surface area contributed by atoms with Crippen molar-refractivity contribution in [3.63, 3.8) is 0 Å². The summed E-state index contributed by atoms with van der Waals surface area (Å²) in [5.41, 5.74) is 1.58. The zero-order chi connectivity index (χ0) is 18.0. The molecular weight excluding hydrogens is 345 g/mol. The lowest BCUT2D eigenvalue weighted by Crippen LogP contribution is -2.12. The van der Waals surface area contributed by atoms with Crippen molar-refractivity contribution >= 4 is 23.4 Å². The predicted molar refractivity (Wildman–Crippen MR) is 91.5 cm³/mol. The van der Waals surface area contributed by atoms with Crippen LogP contribution in [0.4, 0.5) is 4.39 Å². The number of benzene rings is 1. The second-order valence-corrected chi connectivity index (χ2v) is 6.39. The van der Waals surface area contributed by atoms with Crippen molar-refractivity contribution in [2.24, 2.45) is 5.92 Å². The number of carboxylic acids is 1. The van der Waals surface area contributed by atoms with E-state index in [9.17, 15) is 14.0 Å². The van der Waals surface area contributed by atoms with Crippen LogP contribution in [0, 0.1) is 11.7 Å². The van der Waals surface area contributed by atoms with Crippen LogP contribution in [0.25, 0.3) is 0 Å². The Kier molecular flexibility index (Phi) is 4.95. The van der Waals surface area contributed by atoms with Gasteiger partial charge in [-0.15, -0.1) is 0 Å². The highest BCUT2D eigenvalue weighted by Crippen LogP contribution is 2.46. The summed E-state index contributed by atoms with van der Waals surface area (Å²) in [4.78, 5) is 25.4. The van der Waals surface area contributed by atoms with Gasteiger partial charge in [-0.05, 0) is 54.7 Å². The molecule has 1 aromatic carbocycles. The summed E-state index contributed by atoms with van der Waals surface area (Å²) in [5, 5.41) is 8.45. The SMILES string of the molecule is O=C(O)c1cccnc1.O=C1C=CC(C2CC2)c2cc(Cl)c(F)cc21. The number of halogens is 2. The molecule has 1 N–H and O–H groups in total. The highest BCUT2D eigenvalue weighted by Gasteiger charge is 2.35. The summed E-state index contributed by atoms with van der Waals surface area (Å²) in [6.07, 6.45) is 8.68. The number of carbonyl (C=O) groups is 2. The van der Waals surface area contributed by atoms with Crippen LogP contribution in [-0.4, -0.2) is 21.8 Å².